The van der Waals surface area contributed by atoms with Gasteiger partial charge < -0.3 is 9.47 Å². The minimum atomic E-state index is -0.242. The Hall–Kier alpha value is -2.60. The summed E-state index contributed by atoms with van der Waals surface area (Å²) in [6.45, 7) is 6.22. The van der Waals surface area contributed by atoms with Crippen molar-refractivity contribution in [3.63, 3.8) is 0 Å². The average Bonchev–Trinajstić information content (AvgIpc) is 3.05. The highest BCUT2D eigenvalue weighted by molar-refractivity contribution is 7.22. The van der Waals surface area contributed by atoms with Crippen molar-refractivity contribution in [3.8, 4) is 11.5 Å². The minimum Gasteiger partial charge on any atom is -0.494 e. The largest absolute Gasteiger partial charge is 0.494 e. The van der Waals surface area contributed by atoms with Gasteiger partial charge in [-0.15, -0.1) is 0 Å². The van der Waals surface area contributed by atoms with Crippen LogP contribution in [-0.2, 0) is 4.79 Å². The molecule has 0 unspecified atom stereocenters. The van der Waals surface area contributed by atoms with Crippen LogP contribution in [-0.4, -0.2) is 24.6 Å². The number of hydrogen-bond acceptors (Lipinski definition) is 5. The predicted molar refractivity (Wildman–Crippen MR) is 106 cm³/mol. The number of methoxy groups -OCH3 is 1. The number of fused-ring (bicyclic) bond motifs is 1. The van der Waals surface area contributed by atoms with Crippen molar-refractivity contribution in [2.45, 2.75) is 26.7 Å². The molecule has 3 aromatic rings. The van der Waals surface area contributed by atoms with Gasteiger partial charge in [-0.1, -0.05) is 43.4 Å². The van der Waals surface area contributed by atoms with Crippen molar-refractivity contribution in [1.82, 2.24) is 4.98 Å². The summed E-state index contributed by atoms with van der Waals surface area (Å²) in [5, 5.41) is 3.34. The Balaban J connectivity index is 1.64. The van der Waals surface area contributed by atoms with Crippen molar-refractivity contribution in [1.29, 1.82) is 0 Å². The van der Waals surface area contributed by atoms with Crippen molar-refractivity contribution < 1.29 is 14.3 Å². The molecule has 2 aromatic carbocycles. The van der Waals surface area contributed by atoms with Crippen LogP contribution in [0.15, 0.2) is 36.4 Å². The van der Waals surface area contributed by atoms with Gasteiger partial charge in [0.25, 0.3) is 5.91 Å². The van der Waals surface area contributed by atoms with E-state index in [9.17, 15) is 4.79 Å². The van der Waals surface area contributed by atoms with Gasteiger partial charge in [0, 0.05) is 0 Å². The molecule has 0 aliphatic carbocycles. The smallest absolute Gasteiger partial charge is 0.264 e. The molecule has 0 saturated carbocycles. The van der Waals surface area contributed by atoms with Crippen molar-refractivity contribution in [2.24, 2.45) is 0 Å². The SMILES string of the molecule is COc1ccc(C)c2sc(NC(=O)COc3ccc(C(C)C)cc3)nc12. The summed E-state index contributed by atoms with van der Waals surface area (Å²) in [6.07, 6.45) is 0. The number of amides is 1. The summed E-state index contributed by atoms with van der Waals surface area (Å²) in [5.74, 6) is 1.59. The number of thiazole rings is 1. The molecule has 1 heterocycles. The molecule has 0 bridgehead atoms. The Bertz CT molecular complexity index is 917. The average molecular weight is 370 g/mol. The third-order valence-corrected chi connectivity index (χ3v) is 5.19. The first-order chi connectivity index (χ1) is 12.5. The number of rotatable bonds is 6. The third-order valence-electron chi connectivity index (χ3n) is 4.09. The van der Waals surface area contributed by atoms with Crippen LogP contribution in [0.2, 0.25) is 0 Å². The molecule has 5 nitrogen and oxygen atoms in total. The fourth-order valence-electron chi connectivity index (χ4n) is 2.58. The van der Waals surface area contributed by atoms with Gasteiger partial charge in [-0.2, -0.15) is 0 Å². The molecule has 136 valence electrons. The predicted octanol–water partition coefficient (Wildman–Crippen LogP) is 4.75. The second-order valence-electron chi connectivity index (χ2n) is 6.34. The van der Waals surface area contributed by atoms with Crippen LogP contribution in [0.1, 0.15) is 30.9 Å². The molecule has 1 N–H and O–H groups in total. The lowest BCUT2D eigenvalue weighted by Gasteiger charge is -2.08. The number of benzene rings is 2. The zero-order chi connectivity index (χ0) is 18.7. The number of aromatic nitrogens is 1. The Morgan fingerprint density at radius 1 is 1.19 bits per heavy atom. The second kappa shape index (κ2) is 7.74. The van der Waals surface area contributed by atoms with Crippen LogP contribution in [0.3, 0.4) is 0 Å². The Morgan fingerprint density at radius 3 is 2.58 bits per heavy atom. The fourth-order valence-corrected chi connectivity index (χ4v) is 3.55. The number of hydrogen-bond donors (Lipinski definition) is 1. The molecule has 3 rings (SSSR count). The molecular formula is C20H22N2O3S. The van der Waals surface area contributed by atoms with E-state index in [0.29, 0.717) is 22.5 Å². The highest BCUT2D eigenvalue weighted by Crippen LogP contribution is 2.34. The first kappa shape index (κ1) is 18.2. The maximum Gasteiger partial charge on any atom is 0.264 e. The molecular weight excluding hydrogens is 348 g/mol. The number of carbonyl (C=O) groups is 1. The monoisotopic (exact) mass is 370 g/mol. The maximum atomic E-state index is 12.2. The molecule has 6 heteroatoms. The molecule has 0 radical (unpaired) electrons. The molecule has 1 aromatic heterocycles. The van der Waals surface area contributed by atoms with E-state index in [1.807, 2.05) is 43.3 Å². The summed E-state index contributed by atoms with van der Waals surface area (Å²) in [4.78, 5) is 16.7. The number of ether oxygens (including phenoxy) is 2. The Labute approximate surface area is 157 Å². The van der Waals surface area contributed by atoms with E-state index in [-0.39, 0.29) is 12.5 Å². The van der Waals surface area contributed by atoms with Gasteiger partial charge in [0.2, 0.25) is 0 Å². The van der Waals surface area contributed by atoms with E-state index in [0.717, 1.165) is 15.8 Å². The van der Waals surface area contributed by atoms with Crippen LogP contribution in [0.25, 0.3) is 10.2 Å². The lowest BCUT2D eigenvalue weighted by atomic mass is 10.0. The van der Waals surface area contributed by atoms with Crippen molar-refractivity contribution in [2.75, 3.05) is 19.0 Å². The van der Waals surface area contributed by atoms with Crippen LogP contribution >= 0.6 is 11.3 Å². The molecule has 0 aliphatic heterocycles. The molecule has 0 spiro atoms. The standard InChI is InChI=1S/C20H22N2O3S/c1-12(2)14-6-8-15(9-7-14)25-11-17(23)21-20-22-18-16(24-4)10-5-13(3)19(18)26-20/h5-10,12H,11H2,1-4H3,(H,21,22,23). The first-order valence-electron chi connectivity index (χ1n) is 8.44. The van der Waals surface area contributed by atoms with E-state index in [1.54, 1.807) is 7.11 Å². The lowest BCUT2D eigenvalue weighted by Crippen LogP contribution is -2.20. The van der Waals surface area contributed by atoms with Gasteiger partial charge in [0.1, 0.15) is 17.0 Å². The zero-order valence-electron chi connectivity index (χ0n) is 15.3. The summed E-state index contributed by atoms with van der Waals surface area (Å²) < 4.78 is 11.9. The van der Waals surface area contributed by atoms with Gasteiger partial charge in [-0.3, -0.25) is 10.1 Å². The summed E-state index contributed by atoms with van der Waals surface area (Å²) in [6, 6.07) is 11.7. The number of anilines is 1. The van der Waals surface area contributed by atoms with E-state index in [4.69, 9.17) is 9.47 Å². The van der Waals surface area contributed by atoms with Gasteiger partial charge >= 0.3 is 0 Å². The molecule has 1 amide bonds. The minimum absolute atomic E-state index is 0.0624. The first-order valence-corrected chi connectivity index (χ1v) is 9.26. The van der Waals surface area contributed by atoms with Gasteiger partial charge in [0.15, 0.2) is 11.7 Å². The molecule has 0 fully saturated rings. The number of nitrogens with one attached hydrogen (secondary N) is 1. The molecule has 0 aliphatic rings. The topological polar surface area (TPSA) is 60.5 Å². The zero-order valence-corrected chi connectivity index (χ0v) is 16.1. The fraction of sp³-hybridized carbons (Fsp3) is 0.300. The summed E-state index contributed by atoms with van der Waals surface area (Å²) in [5.41, 5.74) is 3.10. The molecule has 0 atom stereocenters. The Kier molecular flexibility index (Phi) is 5.42. The van der Waals surface area contributed by atoms with Crippen molar-refractivity contribution in [3.05, 3.63) is 47.5 Å². The van der Waals surface area contributed by atoms with E-state index < -0.39 is 0 Å². The lowest BCUT2D eigenvalue weighted by molar-refractivity contribution is -0.118. The maximum absolute atomic E-state index is 12.2. The van der Waals surface area contributed by atoms with Crippen LogP contribution in [0.4, 0.5) is 5.13 Å². The van der Waals surface area contributed by atoms with E-state index >= 15 is 0 Å². The van der Waals surface area contributed by atoms with Gasteiger partial charge in [0.05, 0.1) is 11.8 Å². The van der Waals surface area contributed by atoms with Crippen LogP contribution < -0.4 is 14.8 Å². The third kappa shape index (κ3) is 3.96. The van der Waals surface area contributed by atoms with E-state index in [1.165, 1.54) is 16.9 Å². The van der Waals surface area contributed by atoms with E-state index in [2.05, 4.69) is 24.1 Å². The van der Waals surface area contributed by atoms with Gasteiger partial charge in [-0.25, -0.2) is 4.98 Å². The van der Waals surface area contributed by atoms with Crippen LogP contribution in [0.5, 0.6) is 11.5 Å². The quantitative estimate of drug-likeness (QED) is 0.680. The van der Waals surface area contributed by atoms with Crippen LogP contribution in [0, 0.1) is 6.92 Å². The summed E-state index contributed by atoms with van der Waals surface area (Å²) in [7, 11) is 1.61. The second-order valence-corrected chi connectivity index (χ2v) is 7.34. The Morgan fingerprint density at radius 2 is 1.92 bits per heavy atom. The normalized spacial score (nSPS) is 11.0. The summed E-state index contributed by atoms with van der Waals surface area (Å²) >= 11 is 1.43. The number of aryl methyl sites for hydroxylation is 1. The van der Waals surface area contributed by atoms with Crippen molar-refractivity contribution >= 4 is 32.6 Å². The highest BCUT2D eigenvalue weighted by atomic mass is 32.1. The highest BCUT2D eigenvalue weighted by Gasteiger charge is 2.13. The van der Waals surface area contributed by atoms with Gasteiger partial charge in [-0.05, 0) is 42.2 Å². The molecule has 0 saturated heterocycles. The number of nitrogens with zero attached hydrogens (tertiary/aromatic N) is 1. The molecule has 26 heavy (non-hydrogen) atoms. The number of carbonyl (C=O) groups excluding carboxylic acids is 1.